The van der Waals surface area contributed by atoms with Gasteiger partial charge < -0.3 is 0 Å². The highest BCUT2D eigenvalue weighted by atomic mass is 127. The first-order valence-electron chi connectivity index (χ1n) is 4.32. The van der Waals surface area contributed by atoms with Crippen LogP contribution in [-0.2, 0) is 6.54 Å². The third-order valence-corrected chi connectivity index (χ3v) is 2.43. The molecule has 2 aromatic rings. The van der Waals surface area contributed by atoms with Gasteiger partial charge in [0.2, 0.25) is 0 Å². The minimum Gasteiger partial charge on any atom is -0.267 e. The molecule has 14 heavy (non-hydrogen) atoms. The van der Waals surface area contributed by atoms with Crippen LogP contribution in [0.5, 0.6) is 0 Å². The Bertz CT molecular complexity index is 436. The molecule has 2 aromatic heterocycles. The molecule has 0 aromatic carbocycles. The fraction of sp³-hybridized carbons (Fsp3) is 0.200. The highest BCUT2D eigenvalue weighted by molar-refractivity contribution is 14.1. The fourth-order valence-electron chi connectivity index (χ4n) is 1.32. The van der Waals surface area contributed by atoms with Gasteiger partial charge in [-0.3, -0.25) is 9.67 Å². The van der Waals surface area contributed by atoms with Crippen LogP contribution in [0.4, 0.5) is 0 Å². The van der Waals surface area contributed by atoms with Gasteiger partial charge in [-0.1, -0.05) is 6.07 Å². The van der Waals surface area contributed by atoms with Crippen LogP contribution in [0, 0.1) is 10.5 Å². The quantitative estimate of drug-likeness (QED) is 0.796. The van der Waals surface area contributed by atoms with E-state index >= 15 is 0 Å². The molecule has 2 heterocycles. The summed E-state index contributed by atoms with van der Waals surface area (Å²) in [5.74, 6) is 0. The predicted octanol–water partition coefficient (Wildman–Crippen LogP) is 2.24. The third-order valence-electron chi connectivity index (χ3n) is 1.88. The summed E-state index contributed by atoms with van der Waals surface area (Å²) < 4.78 is 3.07. The number of nitrogens with zero attached hydrogens (tertiary/aromatic N) is 3. The van der Waals surface area contributed by atoms with Crippen LogP contribution in [0.2, 0.25) is 0 Å². The molecule has 0 radical (unpaired) electrons. The standard InChI is InChI=1S/C10H10IN3/c1-8-2-9(4-12-3-8)6-14-7-10(11)5-13-14/h2-5,7H,6H2,1H3. The molecule has 0 bridgehead atoms. The number of hydrogen-bond acceptors (Lipinski definition) is 2. The molecule has 2 rings (SSSR count). The van der Waals surface area contributed by atoms with Gasteiger partial charge in [-0.2, -0.15) is 5.10 Å². The van der Waals surface area contributed by atoms with Crippen molar-refractivity contribution in [2.75, 3.05) is 0 Å². The second kappa shape index (κ2) is 4.08. The van der Waals surface area contributed by atoms with Crippen molar-refractivity contribution in [1.29, 1.82) is 0 Å². The number of hydrogen-bond donors (Lipinski definition) is 0. The smallest absolute Gasteiger partial charge is 0.0674 e. The monoisotopic (exact) mass is 299 g/mol. The summed E-state index contributed by atoms with van der Waals surface area (Å²) in [4.78, 5) is 4.14. The van der Waals surface area contributed by atoms with Gasteiger partial charge in [0, 0.05) is 18.6 Å². The Balaban J connectivity index is 2.18. The van der Waals surface area contributed by atoms with Crippen LogP contribution in [0.15, 0.2) is 30.9 Å². The van der Waals surface area contributed by atoms with Gasteiger partial charge in [0.05, 0.1) is 16.3 Å². The minimum atomic E-state index is 0.789. The summed E-state index contributed by atoms with van der Waals surface area (Å²) in [7, 11) is 0. The Labute approximate surface area is 96.3 Å². The zero-order valence-electron chi connectivity index (χ0n) is 7.81. The molecule has 0 fully saturated rings. The Hall–Kier alpha value is -0.910. The molecule has 3 nitrogen and oxygen atoms in total. The molecular weight excluding hydrogens is 289 g/mol. The lowest BCUT2D eigenvalue weighted by Crippen LogP contribution is -2.00. The Morgan fingerprint density at radius 2 is 2.21 bits per heavy atom. The first-order valence-corrected chi connectivity index (χ1v) is 5.40. The summed E-state index contributed by atoms with van der Waals surface area (Å²) in [6, 6.07) is 2.13. The van der Waals surface area contributed by atoms with E-state index in [0.717, 1.165) is 10.1 Å². The normalized spacial score (nSPS) is 10.4. The molecular formula is C10H10IN3. The average Bonchev–Trinajstić information content (AvgIpc) is 2.51. The molecule has 0 aliphatic heterocycles. The summed E-state index contributed by atoms with van der Waals surface area (Å²) in [6.45, 7) is 2.83. The van der Waals surface area contributed by atoms with Crippen molar-refractivity contribution in [2.45, 2.75) is 13.5 Å². The van der Waals surface area contributed by atoms with Gasteiger partial charge in [0.1, 0.15) is 0 Å². The summed E-state index contributed by atoms with van der Waals surface area (Å²) in [5.41, 5.74) is 2.37. The van der Waals surface area contributed by atoms with E-state index in [9.17, 15) is 0 Å². The van der Waals surface area contributed by atoms with E-state index in [0.29, 0.717) is 0 Å². The maximum Gasteiger partial charge on any atom is 0.0674 e. The summed E-state index contributed by atoms with van der Waals surface area (Å²) >= 11 is 2.25. The first kappa shape index (κ1) is 9.64. The zero-order chi connectivity index (χ0) is 9.97. The molecule has 72 valence electrons. The Kier molecular flexibility index (Phi) is 2.81. The van der Waals surface area contributed by atoms with E-state index in [-0.39, 0.29) is 0 Å². The van der Waals surface area contributed by atoms with Gasteiger partial charge in [-0.05, 0) is 40.6 Å². The van der Waals surface area contributed by atoms with E-state index < -0.39 is 0 Å². The van der Waals surface area contributed by atoms with Crippen LogP contribution < -0.4 is 0 Å². The number of halogens is 1. The molecule has 0 saturated carbocycles. The number of aromatic nitrogens is 3. The minimum absolute atomic E-state index is 0.789. The van der Waals surface area contributed by atoms with Crippen molar-refractivity contribution >= 4 is 22.6 Å². The van der Waals surface area contributed by atoms with Crippen molar-refractivity contribution in [3.63, 3.8) is 0 Å². The lowest BCUT2D eigenvalue weighted by atomic mass is 10.2. The maximum absolute atomic E-state index is 4.22. The van der Waals surface area contributed by atoms with Gasteiger partial charge in [-0.25, -0.2) is 0 Å². The second-order valence-electron chi connectivity index (χ2n) is 3.23. The maximum atomic E-state index is 4.22. The average molecular weight is 299 g/mol. The van der Waals surface area contributed by atoms with Gasteiger partial charge in [0.15, 0.2) is 0 Å². The van der Waals surface area contributed by atoms with E-state index in [1.54, 1.807) is 0 Å². The van der Waals surface area contributed by atoms with Gasteiger partial charge in [-0.15, -0.1) is 0 Å². The second-order valence-corrected chi connectivity index (χ2v) is 4.47. The van der Waals surface area contributed by atoms with Crippen molar-refractivity contribution in [1.82, 2.24) is 14.8 Å². The SMILES string of the molecule is Cc1cncc(Cn2cc(I)cn2)c1. The molecule has 0 spiro atoms. The van der Waals surface area contributed by atoms with Crippen molar-refractivity contribution in [3.05, 3.63) is 45.6 Å². The van der Waals surface area contributed by atoms with E-state index in [1.807, 2.05) is 36.4 Å². The predicted molar refractivity (Wildman–Crippen MR) is 63.0 cm³/mol. The Morgan fingerprint density at radius 1 is 1.36 bits per heavy atom. The molecule has 4 heteroatoms. The molecule has 0 amide bonds. The third kappa shape index (κ3) is 2.31. The van der Waals surface area contributed by atoms with Crippen molar-refractivity contribution in [2.24, 2.45) is 0 Å². The van der Waals surface area contributed by atoms with Crippen LogP contribution in [0.25, 0.3) is 0 Å². The summed E-state index contributed by atoms with van der Waals surface area (Å²) in [5, 5.41) is 4.22. The Morgan fingerprint density at radius 3 is 2.86 bits per heavy atom. The largest absolute Gasteiger partial charge is 0.267 e. The van der Waals surface area contributed by atoms with E-state index in [1.165, 1.54) is 11.1 Å². The first-order chi connectivity index (χ1) is 6.74. The van der Waals surface area contributed by atoms with Crippen LogP contribution in [0.1, 0.15) is 11.1 Å². The van der Waals surface area contributed by atoms with Crippen LogP contribution in [0.3, 0.4) is 0 Å². The molecule has 0 saturated heterocycles. The summed E-state index contributed by atoms with van der Waals surface area (Å²) in [6.07, 6.45) is 7.60. The molecule has 0 N–H and O–H groups in total. The molecule has 0 aliphatic carbocycles. The molecule has 0 aliphatic rings. The highest BCUT2D eigenvalue weighted by Crippen LogP contribution is 2.06. The molecule has 0 atom stereocenters. The zero-order valence-corrected chi connectivity index (χ0v) is 9.97. The van der Waals surface area contributed by atoms with E-state index in [2.05, 4.69) is 38.7 Å². The van der Waals surface area contributed by atoms with Crippen LogP contribution >= 0.6 is 22.6 Å². The highest BCUT2D eigenvalue weighted by Gasteiger charge is 1.97. The lowest BCUT2D eigenvalue weighted by Gasteiger charge is -2.01. The molecule has 0 unspecified atom stereocenters. The fourth-order valence-corrected chi connectivity index (χ4v) is 1.76. The topological polar surface area (TPSA) is 30.7 Å². The lowest BCUT2D eigenvalue weighted by molar-refractivity contribution is 0.684. The van der Waals surface area contributed by atoms with Crippen LogP contribution in [-0.4, -0.2) is 14.8 Å². The number of rotatable bonds is 2. The number of aryl methyl sites for hydroxylation is 1. The van der Waals surface area contributed by atoms with E-state index in [4.69, 9.17) is 0 Å². The van der Waals surface area contributed by atoms with Gasteiger partial charge >= 0.3 is 0 Å². The van der Waals surface area contributed by atoms with Gasteiger partial charge in [0.25, 0.3) is 0 Å². The van der Waals surface area contributed by atoms with Crippen molar-refractivity contribution in [3.8, 4) is 0 Å². The number of pyridine rings is 1. The van der Waals surface area contributed by atoms with Crippen molar-refractivity contribution < 1.29 is 0 Å².